The molecule has 92 valence electrons. The van der Waals surface area contributed by atoms with Crippen LogP contribution in [0.2, 0.25) is 0 Å². The summed E-state index contributed by atoms with van der Waals surface area (Å²) in [5.41, 5.74) is 2.25. The van der Waals surface area contributed by atoms with Gasteiger partial charge in [-0.2, -0.15) is 4.73 Å². The minimum atomic E-state index is -0.348. The average Bonchev–Trinajstić information content (AvgIpc) is 2.85. The Labute approximate surface area is 102 Å². The number of hydrogen-bond acceptors (Lipinski definition) is 2. The largest absolute Gasteiger partial charge is 0.428 e. The first kappa shape index (κ1) is 11.0. The van der Waals surface area contributed by atoms with Gasteiger partial charge in [0.15, 0.2) is 5.69 Å². The summed E-state index contributed by atoms with van der Waals surface area (Å²) < 4.78 is 14.7. The van der Waals surface area contributed by atoms with Gasteiger partial charge in [0.2, 0.25) is 0 Å². The molecule has 0 amide bonds. The number of rotatable bonds is 1. The second kappa shape index (κ2) is 3.94. The number of benzene rings is 1. The maximum atomic E-state index is 12.9. The van der Waals surface area contributed by atoms with Crippen LogP contribution in [0.3, 0.4) is 0 Å². The van der Waals surface area contributed by atoms with E-state index in [-0.39, 0.29) is 5.82 Å². The van der Waals surface area contributed by atoms with Gasteiger partial charge in [0.1, 0.15) is 11.5 Å². The summed E-state index contributed by atoms with van der Waals surface area (Å²) in [5.74, 6) is -0.348. The predicted octanol–water partition coefficient (Wildman–Crippen LogP) is 1.93. The van der Waals surface area contributed by atoms with Crippen molar-refractivity contribution < 1.29 is 14.0 Å². The van der Waals surface area contributed by atoms with Gasteiger partial charge in [0, 0.05) is 16.9 Å². The third-order valence-corrected chi connectivity index (χ3v) is 3.29. The van der Waals surface area contributed by atoms with Crippen LogP contribution in [-0.2, 0) is 12.8 Å². The summed E-state index contributed by atoms with van der Waals surface area (Å²) in [6, 6.07) is 5.69. The first-order chi connectivity index (χ1) is 8.66. The highest BCUT2D eigenvalue weighted by Crippen LogP contribution is 2.24. The number of hydrogen-bond donors (Lipinski definition) is 1. The van der Waals surface area contributed by atoms with Crippen LogP contribution in [-0.4, -0.2) is 9.94 Å². The highest BCUT2D eigenvalue weighted by atomic mass is 19.1. The molecule has 0 unspecified atom stereocenters. The van der Waals surface area contributed by atoms with E-state index in [0.717, 1.165) is 15.6 Å². The van der Waals surface area contributed by atoms with Gasteiger partial charge in [-0.1, -0.05) is 0 Å². The van der Waals surface area contributed by atoms with Gasteiger partial charge in [-0.05, 0) is 37.1 Å². The zero-order valence-corrected chi connectivity index (χ0v) is 9.64. The van der Waals surface area contributed by atoms with E-state index in [2.05, 4.69) is 0 Å². The van der Waals surface area contributed by atoms with Crippen LogP contribution in [0.25, 0.3) is 11.3 Å². The number of nitrogens with zero attached hydrogens (tertiary/aromatic N) is 2. The van der Waals surface area contributed by atoms with Crippen LogP contribution in [0.4, 0.5) is 4.39 Å². The molecule has 1 heterocycles. The molecule has 18 heavy (non-hydrogen) atoms. The summed E-state index contributed by atoms with van der Waals surface area (Å²) in [6.07, 6.45) is 3.56. The van der Waals surface area contributed by atoms with Crippen molar-refractivity contribution in [2.45, 2.75) is 19.3 Å². The zero-order valence-electron chi connectivity index (χ0n) is 9.64. The Balaban J connectivity index is 2.22. The van der Waals surface area contributed by atoms with Crippen molar-refractivity contribution in [2.24, 2.45) is 0 Å². The fourth-order valence-corrected chi connectivity index (χ4v) is 2.38. The molecule has 0 radical (unpaired) electrons. The monoisotopic (exact) mass is 247 g/mol. The molecule has 0 aliphatic heterocycles. The lowest BCUT2D eigenvalue weighted by Crippen LogP contribution is -2.25. The smallest absolute Gasteiger partial charge is 0.262 e. The van der Waals surface area contributed by atoms with Gasteiger partial charge in [-0.3, -0.25) is 0 Å². The van der Waals surface area contributed by atoms with Crippen LogP contribution in [0.15, 0.2) is 30.5 Å². The molecule has 0 bridgehead atoms. The molecule has 1 aromatic carbocycles. The Bertz CT molecular complexity index is 662. The quantitative estimate of drug-likeness (QED) is 0.618. The van der Waals surface area contributed by atoms with Crippen LogP contribution >= 0.6 is 0 Å². The lowest BCUT2D eigenvalue weighted by atomic mass is 10.1. The van der Waals surface area contributed by atoms with Crippen LogP contribution < -0.4 is 4.43 Å². The molecule has 4 nitrogen and oxygen atoms in total. The summed E-state index contributed by atoms with van der Waals surface area (Å²) in [6.45, 7) is 0. The predicted molar refractivity (Wildman–Crippen MR) is 62.4 cm³/mol. The second-order valence-corrected chi connectivity index (χ2v) is 4.41. The third-order valence-electron chi connectivity index (χ3n) is 3.29. The van der Waals surface area contributed by atoms with E-state index < -0.39 is 0 Å². The van der Waals surface area contributed by atoms with E-state index in [9.17, 15) is 14.5 Å². The maximum absolute atomic E-state index is 12.9. The van der Waals surface area contributed by atoms with Crippen molar-refractivity contribution in [1.29, 1.82) is 0 Å². The number of aromatic nitrogens is 2. The van der Waals surface area contributed by atoms with Crippen molar-refractivity contribution in [3.05, 3.63) is 52.6 Å². The van der Waals surface area contributed by atoms with Gasteiger partial charge < -0.3 is 5.21 Å². The zero-order chi connectivity index (χ0) is 12.7. The normalized spacial score (nSPS) is 13.6. The fourth-order valence-electron chi connectivity index (χ4n) is 2.38. The summed E-state index contributed by atoms with van der Waals surface area (Å²) in [4.78, 5) is 11.8. The molecule has 1 aromatic heterocycles. The van der Waals surface area contributed by atoms with Crippen molar-refractivity contribution in [3.63, 3.8) is 0 Å². The van der Waals surface area contributed by atoms with Crippen molar-refractivity contribution in [2.75, 3.05) is 0 Å². The molecule has 0 saturated heterocycles. The van der Waals surface area contributed by atoms with Crippen molar-refractivity contribution >= 4 is 0 Å². The van der Waals surface area contributed by atoms with E-state index in [1.807, 2.05) is 0 Å². The summed E-state index contributed by atoms with van der Waals surface area (Å²) in [5, 5.41) is 10.1. The summed E-state index contributed by atoms with van der Waals surface area (Å²) in [7, 11) is 0. The van der Waals surface area contributed by atoms with Gasteiger partial charge in [0.25, 0.3) is 11.9 Å². The topological polar surface area (TPSA) is 48.1 Å². The average molecular weight is 247 g/mol. The minimum absolute atomic E-state index is 0.348. The van der Waals surface area contributed by atoms with Crippen molar-refractivity contribution in [3.8, 4) is 11.3 Å². The highest BCUT2D eigenvalue weighted by molar-refractivity contribution is 5.58. The molecule has 0 fully saturated rings. The molecule has 5 heteroatoms. The summed E-state index contributed by atoms with van der Waals surface area (Å²) >= 11 is 0. The van der Waals surface area contributed by atoms with Gasteiger partial charge >= 0.3 is 0 Å². The van der Waals surface area contributed by atoms with Crippen LogP contribution in [0, 0.1) is 10.7 Å². The molecule has 1 aliphatic rings. The molecule has 1 aliphatic carbocycles. The Kier molecular flexibility index (Phi) is 2.40. The minimum Gasteiger partial charge on any atom is -0.428 e. The Morgan fingerprint density at radius 3 is 2.67 bits per heavy atom. The van der Waals surface area contributed by atoms with Gasteiger partial charge in [-0.15, -0.1) is 0 Å². The van der Waals surface area contributed by atoms with E-state index in [0.29, 0.717) is 35.5 Å². The fraction of sp³-hybridized carbons (Fsp3) is 0.231. The molecule has 0 saturated carbocycles. The SMILES string of the molecule is O=[n+]1cc(-c2ccc(F)cc2)n(O)c2c1CCC2. The first-order valence-electron chi connectivity index (χ1n) is 5.82. The Hall–Kier alpha value is -2.17. The van der Waals surface area contributed by atoms with Gasteiger partial charge in [0.05, 0.1) is 4.43 Å². The van der Waals surface area contributed by atoms with Gasteiger partial charge in [-0.25, -0.2) is 4.39 Å². The molecule has 0 atom stereocenters. The van der Waals surface area contributed by atoms with Crippen LogP contribution in [0.1, 0.15) is 17.8 Å². The molecule has 0 spiro atoms. The maximum Gasteiger partial charge on any atom is 0.262 e. The molecular weight excluding hydrogens is 235 g/mol. The second-order valence-electron chi connectivity index (χ2n) is 4.41. The standard InChI is InChI=1S/C13H12FN2O2/c14-10-6-4-9(5-7-10)13-8-15(17)11-2-1-3-12(11)16(13)18/h4-8,18H,1-3H2/q+1. The van der Waals surface area contributed by atoms with E-state index in [1.54, 1.807) is 12.1 Å². The Morgan fingerprint density at radius 1 is 1.22 bits per heavy atom. The van der Waals surface area contributed by atoms with E-state index >= 15 is 0 Å². The first-order valence-corrected chi connectivity index (χ1v) is 5.82. The lowest BCUT2D eigenvalue weighted by molar-refractivity contribution is -0.505. The molecule has 2 aromatic rings. The highest BCUT2D eigenvalue weighted by Gasteiger charge is 2.27. The van der Waals surface area contributed by atoms with Crippen molar-refractivity contribution in [1.82, 2.24) is 4.73 Å². The van der Waals surface area contributed by atoms with Crippen LogP contribution in [0.5, 0.6) is 0 Å². The third kappa shape index (κ3) is 1.59. The Morgan fingerprint density at radius 2 is 1.94 bits per heavy atom. The lowest BCUT2D eigenvalue weighted by Gasteiger charge is -2.07. The molecular formula is C13H12FN2O2+. The van der Waals surface area contributed by atoms with E-state index in [4.69, 9.17) is 0 Å². The molecule has 3 rings (SSSR count). The number of fused-ring (bicyclic) bond motifs is 1. The molecule has 1 N–H and O–H groups in total. The number of halogens is 1. The van der Waals surface area contributed by atoms with E-state index in [1.165, 1.54) is 18.3 Å².